The van der Waals surface area contributed by atoms with E-state index in [0.717, 1.165) is 11.8 Å². The lowest BCUT2D eigenvalue weighted by Gasteiger charge is -2.40. The Morgan fingerprint density at radius 3 is 2.13 bits per heavy atom. The summed E-state index contributed by atoms with van der Waals surface area (Å²) in [6.07, 6.45) is -8.28. The SMILES string of the molecule is O=CCN1CCC[C@H](OCc2cc(C(F)(F)F)cc(C(F)(F)F)c2)[C@@H]1c1ccccc1. The smallest absolute Gasteiger partial charge is 0.372 e. The number of halogens is 6. The predicted octanol–water partition coefficient (Wildman–Crippen LogP) is 5.65. The lowest BCUT2D eigenvalue weighted by molar-refractivity contribution is -0.143. The molecule has 1 aliphatic rings. The van der Waals surface area contributed by atoms with Gasteiger partial charge in [-0.15, -0.1) is 0 Å². The number of rotatable bonds is 6. The minimum atomic E-state index is -4.91. The van der Waals surface area contributed by atoms with Crippen LogP contribution in [0, 0.1) is 0 Å². The normalized spacial score (nSPS) is 20.6. The highest BCUT2D eigenvalue weighted by molar-refractivity contribution is 5.52. The molecule has 3 rings (SSSR count). The summed E-state index contributed by atoms with van der Waals surface area (Å²) in [5, 5.41) is 0. The molecule has 9 heteroatoms. The first-order chi connectivity index (χ1) is 14.6. The monoisotopic (exact) mass is 445 g/mol. The van der Waals surface area contributed by atoms with Gasteiger partial charge in [-0.3, -0.25) is 4.90 Å². The molecule has 2 atom stereocenters. The summed E-state index contributed by atoms with van der Waals surface area (Å²) in [4.78, 5) is 13.0. The maximum absolute atomic E-state index is 13.1. The molecule has 0 unspecified atom stereocenters. The number of alkyl halides is 6. The summed E-state index contributed by atoms with van der Waals surface area (Å²) in [7, 11) is 0. The molecule has 0 spiro atoms. The van der Waals surface area contributed by atoms with Gasteiger partial charge >= 0.3 is 12.4 Å². The molecule has 3 nitrogen and oxygen atoms in total. The Bertz CT molecular complexity index is 850. The molecule has 1 saturated heterocycles. The zero-order chi connectivity index (χ0) is 22.6. The van der Waals surface area contributed by atoms with Crippen molar-refractivity contribution in [2.24, 2.45) is 0 Å². The molecule has 0 aromatic heterocycles. The minimum absolute atomic E-state index is 0.0999. The van der Waals surface area contributed by atoms with E-state index in [1.54, 1.807) is 0 Å². The maximum Gasteiger partial charge on any atom is 0.416 e. The maximum atomic E-state index is 13.1. The molecule has 2 aromatic rings. The largest absolute Gasteiger partial charge is 0.416 e. The first kappa shape index (κ1) is 23.3. The van der Waals surface area contributed by atoms with E-state index in [1.165, 1.54) is 0 Å². The molecule has 0 N–H and O–H groups in total. The number of hydrogen-bond acceptors (Lipinski definition) is 3. The van der Waals surface area contributed by atoms with Crippen LogP contribution in [-0.2, 0) is 28.5 Å². The van der Waals surface area contributed by atoms with E-state index in [0.29, 0.717) is 31.5 Å². The molecule has 1 heterocycles. The molecular weight excluding hydrogens is 424 g/mol. The van der Waals surface area contributed by atoms with Gasteiger partial charge in [-0.25, -0.2) is 0 Å². The number of carbonyl (C=O) groups excluding carboxylic acids is 1. The quantitative estimate of drug-likeness (QED) is 0.426. The number of aldehydes is 1. The summed E-state index contributed by atoms with van der Waals surface area (Å²) in [6, 6.07) is 10.3. The Morgan fingerprint density at radius 2 is 1.58 bits per heavy atom. The van der Waals surface area contributed by atoms with Gasteiger partial charge in [0.25, 0.3) is 0 Å². The van der Waals surface area contributed by atoms with Crippen LogP contribution in [0.5, 0.6) is 0 Å². The Kier molecular flexibility index (Phi) is 7.06. The Balaban J connectivity index is 1.86. The van der Waals surface area contributed by atoms with Crippen LogP contribution in [0.25, 0.3) is 0 Å². The van der Waals surface area contributed by atoms with Gasteiger partial charge < -0.3 is 9.53 Å². The van der Waals surface area contributed by atoms with E-state index in [2.05, 4.69) is 0 Å². The summed E-state index contributed by atoms with van der Waals surface area (Å²) >= 11 is 0. The molecule has 0 saturated carbocycles. The Hall–Kier alpha value is -2.39. The number of likely N-dealkylation sites (tertiary alicyclic amines) is 1. The topological polar surface area (TPSA) is 29.5 Å². The van der Waals surface area contributed by atoms with Crippen molar-refractivity contribution in [1.29, 1.82) is 0 Å². The number of benzene rings is 2. The third kappa shape index (κ3) is 5.86. The summed E-state index contributed by atoms with van der Waals surface area (Å²) < 4.78 is 84.5. The van der Waals surface area contributed by atoms with E-state index in [9.17, 15) is 31.1 Å². The Labute approximate surface area is 175 Å². The highest BCUT2D eigenvalue weighted by Gasteiger charge is 2.37. The van der Waals surface area contributed by atoms with Crippen LogP contribution in [-0.4, -0.2) is 30.4 Å². The molecule has 0 bridgehead atoms. The average molecular weight is 445 g/mol. The van der Waals surface area contributed by atoms with Crippen LogP contribution in [0.1, 0.15) is 41.1 Å². The lowest BCUT2D eigenvalue weighted by Crippen LogP contribution is -2.43. The highest BCUT2D eigenvalue weighted by atomic mass is 19.4. The second-order valence-electron chi connectivity index (χ2n) is 7.42. The molecule has 31 heavy (non-hydrogen) atoms. The van der Waals surface area contributed by atoms with E-state index >= 15 is 0 Å². The van der Waals surface area contributed by atoms with Crippen molar-refractivity contribution < 1.29 is 35.9 Å². The standard InChI is InChI=1S/C22H21F6NO2/c23-21(24,25)17-11-15(12-18(13-17)22(26,27)28)14-31-19-7-4-8-29(9-10-30)20(19)16-5-2-1-3-6-16/h1-3,5-6,10-13,19-20H,4,7-9,14H2/t19-,20-/m0/s1. The molecule has 1 aliphatic heterocycles. The molecular formula is C22H21F6NO2. The van der Waals surface area contributed by atoms with Crippen molar-refractivity contribution >= 4 is 6.29 Å². The van der Waals surface area contributed by atoms with Gasteiger partial charge in [0.05, 0.1) is 36.4 Å². The van der Waals surface area contributed by atoms with Crippen molar-refractivity contribution in [2.75, 3.05) is 13.1 Å². The molecule has 168 valence electrons. The lowest BCUT2D eigenvalue weighted by atomic mass is 9.92. The average Bonchev–Trinajstić information content (AvgIpc) is 2.72. The molecule has 2 aromatic carbocycles. The first-order valence-corrected chi connectivity index (χ1v) is 9.72. The van der Waals surface area contributed by atoms with Crippen LogP contribution in [0.3, 0.4) is 0 Å². The van der Waals surface area contributed by atoms with Crippen LogP contribution >= 0.6 is 0 Å². The van der Waals surface area contributed by atoms with Crippen LogP contribution < -0.4 is 0 Å². The molecule has 0 radical (unpaired) electrons. The van der Waals surface area contributed by atoms with Crippen molar-refractivity contribution in [1.82, 2.24) is 4.90 Å². The summed E-state index contributed by atoms with van der Waals surface area (Å²) in [5.41, 5.74) is -2.07. The number of nitrogens with zero attached hydrogens (tertiary/aromatic N) is 1. The van der Waals surface area contributed by atoms with Gasteiger partial charge in [-0.2, -0.15) is 26.3 Å². The first-order valence-electron chi connectivity index (χ1n) is 9.72. The zero-order valence-corrected chi connectivity index (χ0v) is 16.4. The molecule has 1 fully saturated rings. The van der Waals surface area contributed by atoms with Crippen molar-refractivity contribution in [2.45, 2.75) is 43.9 Å². The fraction of sp³-hybridized carbons (Fsp3) is 0.409. The van der Waals surface area contributed by atoms with Gasteiger partial charge in [0, 0.05) is 0 Å². The molecule has 0 amide bonds. The van der Waals surface area contributed by atoms with E-state index in [4.69, 9.17) is 4.74 Å². The van der Waals surface area contributed by atoms with E-state index < -0.39 is 36.2 Å². The minimum Gasteiger partial charge on any atom is -0.372 e. The third-order valence-electron chi connectivity index (χ3n) is 5.24. The van der Waals surface area contributed by atoms with Crippen LogP contribution in [0.4, 0.5) is 26.3 Å². The van der Waals surface area contributed by atoms with E-state index in [1.807, 2.05) is 35.2 Å². The highest BCUT2D eigenvalue weighted by Crippen LogP contribution is 2.37. The number of piperidine rings is 1. The fourth-order valence-corrected chi connectivity index (χ4v) is 3.88. The second-order valence-corrected chi connectivity index (χ2v) is 7.42. The second kappa shape index (κ2) is 9.40. The molecule has 0 aliphatic carbocycles. The fourth-order valence-electron chi connectivity index (χ4n) is 3.88. The summed E-state index contributed by atoms with van der Waals surface area (Å²) in [5.74, 6) is 0. The number of carbonyl (C=O) groups is 1. The van der Waals surface area contributed by atoms with Gasteiger partial charge in [0.1, 0.15) is 6.29 Å². The van der Waals surface area contributed by atoms with Gasteiger partial charge in [-0.05, 0) is 48.7 Å². The number of ether oxygens (including phenoxy) is 1. The van der Waals surface area contributed by atoms with Crippen molar-refractivity contribution in [3.63, 3.8) is 0 Å². The van der Waals surface area contributed by atoms with Crippen LogP contribution in [0.2, 0.25) is 0 Å². The van der Waals surface area contributed by atoms with Gasteiger partial charge in [0.15, 0.2) is 0 Å². The zero-order valence-electron chi connectivity index (χ0n) is 16.4. The summed E-state index contributed by atoms with van der Waals surface area (Å²) in [6.45, 7) is 0.386. The van der Waals surface area contributed by atoms with Crippen molar-refractivity contribution in [3.05, 3.63) is 70.8 Å². The van der Waals surface area contributed by atoms with Crippen molar-refractivity contribution in [3.8, 4) is 0 Å². The van der Waals surface area contributed by atoms with Gasteiger partial charge in [-0.1, -0.05) is 30.3 Å². The Morgan fingerprint density at radius 1 is 0.968 bits per heavy atom. The van der Waals surface area contributed by atoms with E-state index in [-0.39, 0.29) is 24.2 Å². The van der Waals surface area contributed by atoms with Crippen LogP contribution in [0.15, 0.2) is 48.5 Å². The van der Waals surface area contributed by atoms with Gasteiger partial charge in [0.2, 0.25) is 0 Å². The predicted molar refractivity (Wildman–Crippen MR) is 101 cm³/mol. The number of hydrogen-bond donors (Lipinski definition) is 0. The third-order valence-corrected chi connectivity index (χ3v) is 5.24.